The number of aromatic nitrogens is 2. The van der Waals surface area contributed by atoms with E-state index in [4.69, 9.17) is 14.2 Å². The van der Waals surface area contributed by atoms with Gasteiger partial charge in [0.15, 0.2) is 0 Å². The molecule has 2 aromatic carbocycles. The molecule has 174 valence electrons. The molecular weight excluding hydrogens is 450 g/mol. The van der Waals surface area contributed by atoms with Gasteiger partial charge < -0.3 is 24.2 Å². The maximum absolute atomic E-state index is 13.2. The van der Waals surface area contributed by atoms with Crippen LogP contribution in [0.2, 0.25) is 0 Å². The van der Waals surface area contributed by atoms with Crippen LogP contribution in [0.15, 0.2) is 50.9 Å². The molecule has 0 atom stereocenters. The van der Waals surface area contributed by atoms with E-state index in [1.807, 2.05) is 6.08 Å². The number of nitrogens with one attached hydrogen (secondary N) is 2. The molecule has 0 bridgehead atoms. The molecule has 0 saturated heterocycles. The van der Waals surface area contributed by atoms with Crippen LogP contribution in [0.1, 0.15) is 12.0 Å². The van der Waals surface area contributed by atoms with Crippen LogP contribution in [-0.4, -0.2) is 57.1 Å². The van der Waals surface area contributed by atoms with E-state index < -0.39 is 21.1 Å². The molecule has 2 N–H and O–H groups in total. The van der Waals surface area contributed by atoms with Gasteiger partial charge in [0.25, 0.3) is 0 Å². The fourth-order valence-electron chi connectivity index (χ4n) is 3.82. The Morgan fingerprint density at radius 2 is 1.52 bits per heavy atom. The number of ether oxygens (including phenoxy) is 3. The van der Waals surface area contributed by atoms with Crippen LogP contribution < -0.4 is 25.3 Å². The number of sulfonamides is 1. The fraction of sp³-hybridized carbons (Fsp3) is 0.273. The normalized spacial score (nSPS) is 14.7. The highest BCUT2D eigenvalue weighted by molar-refractivity contribution is 7.89. The van der Waals surface area contributed by atoms with Crippen LogP contribution >= 0.6 is 0 Å². The molecule has 0 aliphatic carbocycles. The Labute approximate surface area is 189 Å². The van der Waals surface area contributed by atoms with E-state index >= 15 is 0 Å². The Morgan fingerprint density at radius 3 is 2.06 bits per heavy atom. The zero-order valence-corrected chi connectivity index (χ0v) is 19.1. The van der Waals surface area contributed by atoms with Crippen LogP contribution in [0.4, 0.5) is 0 Å². The summed E-state index contributed by atoms with van der Waals surface area (Å²) in [6.45, 7) is 0.392. The van der Waals surface area contributed by atoms with Gasteiger partial charge in [-0.2, -0.15) is 4.31 Å². The first-order valence-corrected chi connectivity index (χ1v) is 11.5. The second kappa shape index (κ2) is 8.75. The first kappa shape index (κ1) is 22.6. The predicted octanol–water partition coefficient (Wildman–Crippen LogP) is 1.72. The topological polar surface area (TPSA) is 131 Å². The summed E-state index contributed by atoms with van der Waals surface area (Å²) in [6, 6.07) is 7.71. The van der Waals surface area contributed by atoms with E-state index in [1.165, 1.54) is 22.5 Å². The first-order valence-electron chi connectivity index (χ1n) is 10.0. The Hall–Kier alpha value is -3.57. The van der Waals surface area contributed by atoms with Gasteiger partial charge in [0.1, 0.15) is 17.2 Å². The summed E-state index contributed by atoms with van der Waals surface area (Å²) >= 11 is 0. The van der Waals surface area contributed by atoms with Crippen molar-refractivity contribution in [2.45, 2.75) is 11.3 Å². The average Bonchev–Trinajstić information content (AvgIpc) is 2.83. The zero-order valence-electron chi connectivity index (χ0n) is 18.3. The Morgan fingerprint density at radius 1 is 0.879 bits per heavy atom. The molecule has 1 aliphatic heterocycles. The van der Waals surface area contributed by atoms with Gasteiger partial charge in [0, 0.05) is 25.2 Å². The largest absolute Gasteiger partial charge is 0.496 e. The van der Waals surface area contributed by atoms with Crippen LogP contribution in [0.25, 0.3) is 16.6 Å². The number of nitrogens with zero attached hydrogens (tertiary/aromatic N) is 1. The highest BCUT2D eigenvalue weighted by atomic mass is 32.2. The molecule has 1 aliphatic rings. The van der Waals surface area contributed by atoms with Crippen molar-refractivity contribution in [2.75, 3.05) is 34.4 Å². The summed E-state index contributed by atoms with van der Waals surface area (Å²) in [7, 11) is 0.822. The standard InChI is InChI=1S/C22H23N3O7S/c1-30-14-10-18(31-2)20(19(11-14)32-3)13-6-8-25(9-7-13)33(28,29)15-4-5-16-17(12-15)24-22(27)21(26)23-16/h4-6,10-12H,7-9H2,1-3H3,(H,23,26)(H,24,27). The lowest BCUT2D eigenvalue weighted by Gasteiger charge is -2.27. The van der Waals surface area contributed by atoms with Crippen molar-refractivity contribution in [2.24, 2.45) is 0 Å². The molecule has 2 heterocycles. The minimum Gasteiger partial charge on any atom is -0.496 e. The molecule has 0 spiro atoms. The number of hydrogen-bond donors (Lipinski definition) is 2. The number of fused-ring (bicyclic) bond motifs is 1. The molecule has 0 amide bonds. The molecule has 4 rings (SSSR count). The molecule has 0 radical (unpaired) electrons. The highest BCUT2D eigenvalue weighted by Gasteiger charge is 2.28. The van der Waals surface area contributed by atoms with Crippen LogP contribution in [0.3, 0.4) is 0 Å². The zero-order chi connectivity index (χ0) is 23.8. The summed E-state index contributed by atoms with van der Waals surface area (Å²) in [4.78, 5) is 27.9. The molecule has 11 heteroatoms. The van der Waals surface area contributed by atoms with E-state index in [1.54, 1.807) is 33.5 Å². The third kappa shape index (κ3) is 4.12. The first-order chi connectivity index (χ1) is 15.8. The summed E-state index contributed by atoms with van der Waals surface area (Å²) in [5, 5.41) is 0. The van der Waals surface area contributed by atoms with Crippen LogP contribution in [0.5, 0.6) is 17.2 Å². The molecule has 33 heavy (non-hydrogen) atoms. The van der Waals surface area contributed by atoms with Gasteiger partial charge in [-0.15, -0.1) is 0 Å². The minimum atomic E-state index is -3.83. The average molecular weight is 474 g/mol. The Bertz CT molecular complexity index is 1450. The Balaban J connectivity index is 1.66. The van der Waals surface area contributed by atoms with Gasteiger partial charge in [0.05, 0.1) is 42.8 Å². The van der Waals surface area contributed by atoms with E-state index in [0.717, 1.165) is 11.1 Å². The van der Waals surface area contributed by atoms with Crippen molar-refractivity contribution in [1.29, 1.82) is 0 Å². The quantitative estimate of drug-likeness (QED) is 0.521. The van der Waals surface area contributed by atoms with Crippen molar-refractivity contribution in [3.05, 3.63) is 62.7 Å². The van der Waals surface area contributed by atoms with Gasteiger partial charge in [-0.3, -0.25) is 9.59 Å². The van der Waals surface area contributed by atoms with E-state index in [2.05, 4.69) is 9.97 Å². The Kier molecular flexibility index (Phi) is 6.00. The summed E-state index contributed by atoms with van der Waals surface area (Å²) < 4.78 is 44.1. The van der Waals surface area contributed by atoms with Gasteiger partial charge in [0.2, 0.25) is 10.0 Å². The molecule has 0 unspecified atom stereocenters. The number of methoxy groups -OCH3 is 3. The minimum absolute atomic E-state index is 0.0224. The summed E-state index contributed by atoms with van der Waals surface area (Å²) in [5.74, 6) is 1.73. The van der Waals surface area contributed by atoms with E-state index in [0.29, 0.717) is 29.2 Å². The van der Waals surface area contributed by atoms with Crippen LogP contribution in [0, 0.1) is 0 Å². The smallest absolute Gasteiger partial charge is 0.314 e. The van der Waals surface area contributed by atoms with E-state index in [-0.39, 0.29) is 23.5 Å². The third-order valence-corrected chi connectivity index (χ3v) is 7.40. The van der Waals surface area contributed by atoms with Crippen LogP contribution in [-0.2, 0) is 10.0 Å². The highest BCUT2D eigenvalue weighted by Crippen LogP contribution is 2.41. The number of H-pyrrole nitrogens is 2. The van der Waals surface area contributed by atoms with Crippen molar-refractivity contribution in [1.82, 2.24) is 14.3 Å². The van der Waals surface area contributed by atoms with Crippen molar-refractivity contribution >= 4 is 26.6 Å². The molecule has 10 nitrogen and oxygen atoms in total. The third-order valence-electron chi connectivity index (χ3n) is 5.54. The van der Waals surface area contributed by atoms with Crippen molar-refractivity contribution in [3.63, 3.8) is 0 Å². The van der Waals surface area contributed by atoms with E-state index in [9.17, 15) is 18.0 Å². The lowest BCUT2D eigenvalue weighted by Crippen LogP contribution is -2.35. The maximum Gasteiger partial charge on any atom is 0.314 e. The summed E-state index contributed by atoms with van der Waals surface area (Å²) in [5.41, 5.74) is 0.601. The van der Waals surface area contributed by atoms with Crippen molar-refractivity contribution < 1.29 is 22.6 Å². The molecule has 3 aromatic rings. The lowest BCUT2D eigenvalue weighted by molar-refractivity contribution is 0.372. The predicted molar refractivity (Wildman–Crippen MR) is 123 cm³/mol. The fourth-order valence-corrected chi connectivity index (χ4v) is 5.23. The van der Waals surface area contributed by atoms with Gasteiger partial charge in [-0.1, -0.05) is 6.08 Å². The van der Waals surface area contributed by atoms with Gasteiger partial charge >= 0.3 is 11.1 Å². The molecular formula is C22H23N3O7S. The summed E-state index contributed by atoms with van der Waals surface area (Å²) in [6.07, 6.45) is 2.27. The second-order valence-electron chi connectivity index (χ2n) is 7.36. The number of hydrogen-bond acceptors (Lipinski definition) is 7. The number of rotatable bonds is 6. The molecule has 1 aromatic heterocycles. The number of benzene rings is 2. The maximum atomic E-state index is 13.2. The monoisotopic (exact) mass is 473 g/mol. The lowest BCUT2D eigenvalue weighted by atomic mass is 9.98. The number of aromatic amines is 2. The second-order valence-corrected chi connectivity index (χ2v) is 9.30. The van der Waals surface area contributed by atoms with Gasteiger partial charge in [-0.05, 0) is 30.2 Å². The molecule has 0 fully saturated rings. The SMILES string of the molecule is COc1cc(OC)c(C2=CCN(S(=O)(=O)c3ccc4[nH]c(=O)c(=O)[nH]c4c3)CC2)c(OC)c1. The van der Waals surface area contributed by atoms with Crippen molar-refractivity contribution in [3.8, 4) is 17.2 Å². The molecule has 0 saturated carbocycles. The van der Waals surface area contributed by atoms with Gasteiger partial charge in [-0.25, -0.2) is 8.42 Å².